The Balaban J connectivity index is 0.00000144. The zero-order valence-electron chi connectivity index (χ0n) is 9.59. The third-order valence-corrected chi connectivity index (χ3v) is 2.50. The van der Waals surface area contributed by atoms with Crippen LogP contribution in [0.3, 0.4) is 0 Å². The molecule has 5 heteroatoms. The lowest BCUT2D eigenvalue weighted by atomic mass is 10.1. The van der Waals surface area contributed by atoms with Gasteiger partial charge in [0.15, 0.2) is 0 Å². The van der Waals surface area contributed by atoms with Gasteiger partial charge in [0.1, 0.15) is 12.1 Å². The molecule has 1 aromatic carbocycles. The van der Waals surface area contributed by atoms with Crippen LogP contribution in [-0.2, 0) is 0 Å². The van der Waals surface area contributed by atoms with Crippen LogP contribution in [0.2, 0.25) is 5.02 Å². The Morgan fingerprint density at radius 3 is 2.29 bits per heavy atom. The second-order valence-corrected chi connectivity index (χ2v) is 4.10. The Hall–Kier alpha value is -1.32. The molecule has 0 N–H and O–H groups in total. The van der Waals surface area contributed by atoms with Gasteiger partial charge in [-0.2, -0.15) is 0 Å². The Morgan fingerprint density at radius 1 is 1.06 bits per heavy atom. The number of hydrogen-bond acceptors (Lipinski definition) is 3. The Morgan fingerprint density at radius 2 is 1.71 bits per heavy atom. The molecule has 0 aliphatic carbocycles. The molecule has 1 heterocycles. The maximum Gasteiger partial charge on any atom is 0.132 e. The lowest BCUT2D eigenvalue weighted by Gasteiger charge is -2.11. The Bertz CT molecular complexity index is 483. The van der Waals surface area contributed by atoms with Crippen LogP contribution >= 0.6 is 24.0 Å². The lowest BCUT2D eigenvalue weighted by molar-refractivity contribution is 1.04. The van der Waals surface area contributed by atoms with Crippen molar-refractivity contribution in [2.24, 2.45) is 0 Å². The topological polar surface area (TPSA) is 29.0 Å². The molecule has 0 unspecified atom stereocenters. The van der Waals surface area contributed by atoms with Crippen molar-refractivity contribution in [1.82, 2.24) is 9.97 Å². The zero-order valence-corrected chi connectivity index (χ0v) is 11.2. The summed E-state index contributed by atoms with van der Waals surface area (Å²) in [6.45, 7) is 0. The molecular weight excluding hydrogens is 257 g/mol. The van der Waals surface area contributed by atoms with E-state index in [9.17, 15) is 0 Å². The van der Waals surface area contributed by atoms with E-state index in [1.807, 2.05) is 49.3 Å². The predicted octanol–water partition coefficient (Wildman–Crippen LogP) is 3.28. The van der Waals surface area contributed by atoms with Gasteiger partial charge in [-0.25, -0.2) is 9.97 Å². The first-order valence-electron chi connectivity index (χ1n) is 4.92. The van der Waals surface area contributed by atoms with Crippen molar-refractivity contribution < 1.29 is 0 Å². The number of benzene rings is 1. The zero-order chi connectivity index (χ0) is 11.5. The maximum atomic E-state index is 5.84. The van der Waals surface area contributed by atoms with Gasteiger partial charge in [0, 0.05) is 30.7 Å². The van der Waals surface area contributed by atoms with Crippen molar-refractivity contribution in [3.05, 3.63) is 41.7 Å². The summed E-state index contributed by atoms with van der Waals surface area (Å²) in [5.74, 6) is 0.889. The first-order valence-corrected chi connectivity index (χ1v) is 5.30. The third-order valence-electron chi connectivity index (χ3n) is 2.25. The molecule has 90 valence electrons. The smallest absolute Gasteiger partial charge is 0.132 e. The van der Waals surface area contributed by atoms with Gasteiger partial charge in [-0.05, 0) is 12.1 Å². The van der Waals surface area contributed by atoms with Crippen molar-refractivity contribution in [2.75, 3.05) is 19.0 Å². The van der Waals surface area contributed by atoms with Crippen molar-refractivity contribution in [3.63, 3.8) is 0 Å². The van der Waals surface area contributed by atoms with Crippen molar-refractivity contribution in [1.29, 1.82) is 0 Å². The largest absolute Gasteiger partial charge is 0.363 e. The third kappa shape index (κ3) is 3.32. The van der Waals surface area contributed by atoms with Gasteiger partial charge in [-0.1, -0.05) is 23.7 Å². The number of rotatable bonds is 2. The Kier molecular flexibility index (Phi) is 4.73. The molecule has 0 bridgehead atoms. The number of halogens is 2. The second kappa shape index (κ2) is 5.84. The summed E-state index contributed by atoms with van der Waals surface area (Å²) < 4.78 is 0. The van der Waals surface area contributed by atoms with Crippen LogP contribution < -0.4 is 4.90 Å². The van der Waals surface area contributed by atoms with Crippen LogP contribution in [0.15, 0.2) is 36.7 Å². The first-order chi connectivity index (χ1) is 7.66. The first kappa shape index (κ1) is 13.7. The van der Waals surface area contributed by atoms with Crippen molar-refractivity contribution in [2.45, 2.75) is 0 Å². The molecule has 2 aromatic rings. The summed E-state index contributed by atoms with van der Waals surface area (Å²) in [4.78, 5) is 10.4. The maximum absolute atomic E-state index is 5.84. The summed E-state index contributed by atoms with van der Waals surface area (Å²) in [6, 6.07) is 9.56. The van der Waals surface area contributed by atoms with Crippen LogP contribution in [-0.4, -0.2) is 24.1 Å². The summed E-state index contributed by atoms with van der Waals surface area (Å²) >= 11 is 5.84. The van der Waals surface area contributed by atoms with E-state index in [-0.39, 0.29) is 12.4 Å². The summed E-state index contributed by atoms with van der Waals surface area (Å²) in [5.41, 5.74) is 1.94. The number of nitrogens with zero attached hydrogens (tertiary/aromatic N) is 3. The highest BCUT2D eigenvalue weighted by Gasteiger charge is 2.02. The van der Waals surface area contributed by atoms with Crippen LogP contribution in [0, 0.1) is 0 Å². The molecule has 2 rings (SSSR count). The van der Waals surface area contributed by atoms with Crippen molar-refractivity contribution in [3.8, 4) is 11.3 Å². The van der Waals surface area contributed by atoms with Gasteiger partial charge in [0.25, 0.3) is 0 Å². The van der Waals surface area contributed by atoms with Crippen molar-refractivity contribution >= 4 is 29.8 Å². The number of hydrogen-bond donors (Lipinski definition) is 0. The van der Waals surface area contributed by atoms with E-state index < -0.39 is 0 Å². The van der Waals surface area contributed by atoms with E-state index in [1.54, 1.807) is 6.33 Å². The monoisotopic (exact) mass is 269 g/mol. The van der Waals surface area contributed by atoms with Gasteiger partial charge < -0.3 is 4.90 Å². The number of aromatic nitrogens is 2. The minimum absolute atomic E-state index is 0. The number of anilines is 1. The Labute approximate surface area is 112 Å². The van der Waals surface area contributed by atoms with Gasteiger partial charge >= 0.3 is 0 Å². The molecule has 0 saturated carbocycles. The SMILES string of the molecule is CN(C)c1cc(-c2ccc(Cl)cc2)ncn1.Cl. The molecule has 0 amide bonds. The summed E-state index contributed by atoms with van der Waals surface area (Å²) in [6.07, 6.45) is 1.57. The molecule has 0 radical (unpaired) electrons. The molecular formula is C12H13Cl2N3. The van der Waals surface area contributed by atoms with E-state index in [4.69, 9.17) is 11.6 Å². The van der Waals surface area contributed by atoms with E-state index >= 15 is 0 Å². The molecule has 0 atom stereocenters. The molecule has 0 spiro atoms. The van der Waals surface area contributed by atoms with Gasteiger partial charge in [-0.15, -0.1) is 12.4 Å². The van der Waals surface area contributed by atoms with Crippen LogP contribution in [0.25, 0.3) is 11.3 Å². The molecule has 0 aliphatic rings. The average molecular weight is 270 g/mol. The fourth-order valence-electron chi connectivity index (χ4n) is 1.37. The normalized spacial score (nSPS) is 9.59. The summed E-state index contributed by atoms with van der Waals surface area (Å²) in [5, 5.41) is 0.727. The van der Waals surface area contributed by atoms with E-state index in [0.717, 1.165) is 22.1 Å². The second-order valence-electron chi connectivity index (χ2n) is 3.66. The van der Waals surface area contributed by atoms with E-state index in [2.05, 4.69) is 9.97 Å². The molecule has 1 aromatic heterocycles. The standard InChI is InChI=1S/C12H12ClN3.ClH/c1-16(2)12-7-11(14-8-15-12)9-3-5-10(13)6-4-9;/h3-8H,1-2H3;1H. The molecule has 0 fully saturated rings. The minimum Gasteiger partial charge on any atom is -0.363 e. The fraction of sp³-hybridized carbons (Fsp3) is 0.167. The highest BCUT2D eigenvalue weighted by molar-refractivity contribution is 6.30. The van der Waals surface area contributed by atoms with E-state index in [0.29, 0.717) is 0 Å². The average Bonchev–Trinajstić information content (AvgIpc) is 2.30. The lowest BCUT2D eigenvalue weighted by Crippen LogP contribution is -2.10. The minimum atomic E-state index is 0. The predicted molar refractivity (Wildman–Crippen MR) is 74.1 cm³/mol. The van der Waals surface area contributed by atoms with Crippen LogP contribution in [0.4, 0.5) is 5.82 Å². The molecule has 3 nitrogen and oxygen atoms in total. The highest BCUT2D eigenvalue weighted by atomic mass is 35.5. The molecule has 17 heavy (non-hydrogen) atoms. The molecule has 0 aliphatic heterocycles. The van der Waals surface area contributed by atoms with Crippen LogP contribution in [0.1, 0.15) is 0 Å². The summed E-state index contributed by atoms with van der Waals surface area (Å²) in [7, 11) is 3.90. The fourth-order valence-corrected chi connectivity index (χ4v) is 1.50. The van der Waals surface area contributed by atoms with Gasteiger partial charge in [0.2, 0.25) is 0 Å². The van der Waals surface area contributed by atoms with Crippen LogP contribution in [0.5, 0.6) is 0 Å². The highest BCUT2D eigenvalue weighted by Crippen LogP contribution is 2.21. The van der Waals surface area contributed by atoms with E-state index in [1.165, 1.54) is 0 Å². The van der Waals surface area contributed by atoms with Gasteiger partial charge in [-0.3, -0.25) is 0 Å². The quantitative estimate of drug-likeness (QED) is 0.838. The van der Waals surface area contributed by atoms with Gasteiger partial charge in [0.05, 0.1) is 5.69 Å². The molecule has 0 saturated heterocycles.